The van der Waals surface area contributed by atoms with Crippen molar-refractivity contribution in [3.63, 3.8) is 0 Å². The number of ether oxygens (including phenoxy) is 2. The van der Waals surface area contributed by atoms with E-state index in [1.54, 1.807) is 44.8 Å². The number of fused-ring (bicyclic) bond motifs is 2. The molecule has 5 rings (SSSR count). The number of para-hydroxylation sites is 1. The minimum atomic E-state index is -3.81. The van der Waals surface area contributed by atoms with E-state index in [0.29, 0.717) is 22.4 Å². The van der Waals surface area contributed by atoms with Crippen molar-refractivity contribution in [2.75, 3.05) is 14.2 Å². The van der Waals surface area contributed by atoms with Gasteiger partial charge < -0.3 is 14.5 Å². The number of hydrogen-bond donors (Lipinski definition) is 1. The molecule has 5 aromatic rings. The fourth-order valence-electron chi connectivity index (χ4n) is 3.92. The molecule has 0 fully saturated rings. The van der Waals surface area contributed by atoms with Gasteiger partial charge in [-0.3, -0.25) is 4.98 Å². The number of nitrogens with one attached hydrogen (secondary N) is 1. The van der Waals surface area contributed by atoms with Gasteiger partial charge in [0, 0.05) is 28.7 Å². The number of nitrogens with zero attached hydrogens (tertiary/aromatic N) is 1. The second-order valence-corrected chi connectivity index (χ2v) is 9.20. The zero-order chi connectivity index (χ0) is 22.3. The third-order valence-electron chi connectivity index (χ3n) is 5.54. The van der Waals surface area contributed by atoms with Crippen LogP contribution in [0.15, 0.2) is 88.9 Å². The summed E-state index contributed by atoms with van der Waals surface area (Å²) in [7, 11) is -0.641. The Labute approximate surface area is 185 Å². The summed E-state index contributed by atoms with van der Waals surface area (Å²) in [6.45, 7) is 0. The fourth-order valence-corrected chi connectivity index (χ4v) is 5.52. The Kier molecular flexibility index (Phi) is 4.83. The van der Waals surface area contributed by atoms with Crippen LogP contribution in [-0.2, 0) is 9.84 Å². The van der Waals surface area contributed by atoms with Gasteiger partial charge in [-0.15, -0.1) is 0 Å². The van der Waals surface area contributed by atoms with E-state index >= 15 is 0 Å². The summed E-state index contributed by atoms with van der Waals surface area (Å²) in [5.74, 6) is 1.24. The lowest BCUT2D eigenvalue weighted by atomic mass is 10.0. The topological polar surface area (TPSA) is 81.3 Å². The molecule has 0 atom stereocenters. The van der Waals surface area contributed by atoms with Gasteiger partial charge in [0.2, 0.25) is 9.84 Å². The molecular formula is C25H20N2O4S. The Morgan fingerprint density at radius 1 is 0.812 bits per heavy atom. The van der Waals surface area contributed by atoms with Crippen molar-refractivity contribution in [3.8, 4) is 22.6 Å². The van der Waals surface area contributed by atoms with E-state index in [-0.39, 0.29) is 9.79 Å². The van der Waals surface area contributed by atoms with E-state index in [9.17, 15) is 8.42 Å². The average Bonchev–Trinajstić information content (AvgIpc) is 3.27. The van der Waals surface area contributed by atoms with E-state index in [0.717, 1.165) is 22.0 Å². The molecule has 3 aromatic carbocycles. The van der Waals surface area contributed by atoms with Crippen LogP contribution in [-0.4, -0.2) is 32.6 Å². The molecule has 0 amide bonds. The largest absolute Gasteiger partial charge is 0.493 e. The molecule has 1 N–H and O–H groups in total. The van der Waals surface area contributed by atoms with Gasteiger partial charge in [0.1, 0.15) is 0 Å². The molecule has 2 aromatic heterocycles. The van der Waals surface area contributed by atoms with Crippen molar-refractivity contribution in [3.05, 3.63) is 79.1 Å². The molecule has 2 heterocycles. The number of sulfone groups is 1. The monoisotopic (exact) mass is 444 g/mol. The number of benzene rings is 3. The van der Waals surface area contributed by atoms with E-state index in [4.69, 9.17) is 9.47 Å². The number of pyridine rings is 1. The highest BCUT2D eigenvalue weighted by Gasteiger charge is 2.24. The summed E-state index contributed by atoms with van der Waals surface area (Å²) in [5, 5.41) is 1.39. The SMILES string of the molecule is COc1ccc(-c2ccc3[nH]cc(S(=O)(=O)c4cccc5cccnc45)c3c2)cc1OC. The zero-order valence-electron chi connectivity index (χ0n) is 17.5. The number of methoxy groups -OCH3 is 2. The van der Waals surface area contributed by atoms with Crippen LogP contribution >= 0.6 is 0 Å². The Morgan fingerprint density at radius 3 is 2.38 bits per heavy atom. The molecule has 0 bridgehead atoms. The smallest absolute Gasteiger partial charge is 0.210 e. The van der Waals surface area contributed by atoms with Crippen LogP contribution in [0.1, 0.15) is 0 Å². The van der Waals surface area contributed by atoms with Crippen LogP contribution < -0.4 is 9.47 Å². The summed E-state index contributed by atoms with van der Waals surface area (Å²) in [4.78, 5) is 7.81. The number of hydrogen-bond acceptors (Lipinski definition) is 5. The van der Waals surface area contributed by atoms with E-state index in [1.165, 1.54) is 0 Å². The van der Waals surface area contributed by atoms with Crippen molar-refractivity contribution in [2.24, 2.45) is 0 Å². The molecule has 32 heavy (non-hydrogen) atoms. The third-order valence-corrected chi connectivity index (χ3v) is 7.36. The normalized spacial score (nSPS) is 11.7. The number of aromatic nitrogens is 2. The molecule has 0 unspecified atom stereocenters. The summed E-state index contributed by atoms with van der Waals surface area (Å²) in [5.41, 5.74) is 2.95. The van der Waals surface area contributed by atoms with Crippen molar-refractivity contribution in [1.82, 2.24) is 9.97 Å². The zero-order valence-corrected chi connectivity index (χ0v) is 18.3. The lowest BCUT2D eigenvalue weighted by Gasteiger charge is -2.10. The maximum atomic E-state index is 13.7. The van der Waals surface area contributed by atoms with Crippen LogP contribution in [0.5, 0.6) is 11.5 Å². The van der Waals surface area contributed by atoms with E-state index < -0.39 is 9.84 Å². The Morgan fingerprint density at radius 2 is 1.56 bits per heavy atom. The highest BCUT2D eigenvalue weighted by molar-refractivity contribution is 7.92. The van der Waals surface area contributed by atoms with Crippen LogP contribution in [0, 0.1) is 0 Å². The maximum Gasteiger partial charge on any atom is 0.210 e. The van der Waals surface area contributed by atoms with Crippen LogP contribution in [0.25, 0.3) is 32.9 Å². The van der Waals surface area contributed by atoms with Crippen LogP contribution in [0.2, 0.25) is 0 Å². The van der Waals surface area contributed by atoms with E-state index in [1.807, 2.05) is 48.5 Å². The number of H-pyrrole nitrogens is 1. The molecule has 0 saturated carbocycles. The maximum absolute atomic E-state index is 13.7. The molecule has 0 aliphatic carbocycles. The average molecular weight is 445 g/mol. The second kappa shape index (κ2) is 7.69. The predicted octanol–water partition coefficient (Wildman–Crippen LogP) is 5.23. The minimum Gasteiger partial charge on any atom is -0.493 e. The Bertz CT molecular complexity index is 1570. The van der Waals surface area contributed by atoms with Crippen LogP contribution in [0.4, 0.5) is 0 Å². The van der Waals surface area contributed by atoms with Crippen molar-refractivity contribution < 1.29 is 17.9 Å². The summed E-state index contributed by atoms with van der Waals surface area (Å²) in [6.07, 6.45) is 3.14. The Balaban J connectivity index is 1.68. The van der Waals surface area contributed by atoms with Gasteiger partial charge in [-0.05, 0) is 47.5 Å². The number of aromatic amines is 1. The lowest BCUT2D eigenvalue weighted by molar-refractivity contribution is 0.355. The van der Waals surface area contributed by atoms with Gasteiger partial charge in [-0.2, -0.15) is 0 Å². The van der Waals surface area contributed by atoms with Crippen molar-refractivity contribution >= 4 is 31.6 Å². The molecule has 0 aliphatic heterocycles. The molecule has 0 spiro atoms. The van der Waals surface area contributed by atoms with Crippen molar-refractivity contribution in [2.45, 2.75) is 9.79 Å². The first-order chi connectivity index (χ1) is 15.5. The molecule has 0 aliphatic rings. The predicted molar refractivity (Wildman–Crippen MR) is 124 cm³/mol. The first-order valence-electron chi connectivity index (χ1n) is 9.95. The van der Waals surface area contributed by atoms with Crippen molar-refractivity contribution in [1.29, 1.82) is 0 Å². The van der Waals surface area contributed by atoms with Gasteiger partial charge >= 0.3 is 0 Å². The number of rotatable bonds is 5. The summed E-state index contributed by atoms with van der Waals surface area (Å²) >= 11 is 0. The van der Waals surface area contributed by atoms with Gasteiger partial charge in [-0.1, -0.05) is 30.3 Å². The highest BCUT2D eigenvalue weighted by Crippen LogP contribution is 2.36. The fraction of sp³-hybridized carbons (Fsp3) is 0.0800. The van der Waals surface area contributed by atoms with Gasteiger partial charge in [0.05, 0.1) is 29.5 Å². The lowest BCUT2D eigenvalue weighted by Crippen LogP contribution is -2.03. The van der Waals surface area contributed by atoms with E-state index in [2.05, 4.69) is 9.97 Å². The van der Waals surface area contributed by atoms with Crippen LogP contribution in [0.3, 0.4) is 0 Å². The minimum absolute atomic E-state index is 0.188. The van der Waals surface area contributed by atoms with Gasteiger partial charge in [-0.25, -0.2) is 8.42 Å². The summed E-state index contributed by atoms with van der Waals surface area (Å²) in [6, 6.07) is 20.1. The molecule has 0 radical (unpaired) electrons. The highest BCUT2D eigenvalue weighted by atomic mass is 32.2. The molecule has 6 nitrogen and oxygen atoms in total. The second-order valence-electron chi connectivity index (χ2n) is 7.32. The Hall–Kier alpha value is -3.84. The molecule has 7 heteroatoms. The first-order valence-corrected chi connectivity index (χ1v) is 11.4. The standard InChI is InChI=1S/C25H20N2O4S/c1-30-21-11-9-18(14-22(21)31-2)17-8-10-20-19(13-17)24(15-27-20)32(28,29)23-7-3-5-16-6-4-12-26-25(16)23/h3-15,27H,1-2H3. The molecule has 0 saturated heterocycles. The third kappa shape index (κ3) is 3.18. The van der Waals surface area contributed by atoms with Gasteiger partial charge in [0.25, 0.3) is 0 Å². The molecule has 160 valence electrons. The molecular weight excluding hydrogens is 424 g/mol. The van der Waals surface area contributed by atoms with Gasteiger partial charge in [0.15, 0.2) is 11.5 Å². The quantitative estimate of drug-likeness (QED) is 0.401. The first kappa shape index (κ1) is 20.1. The summed E-state index contributed by atoms with van der Waals surface area (Å²) < 4.78 is 38.0.